The maximum atomic E-state index is 13.2. The van der Waals surface area contributed by atoms with Crippen molar-refractivity contribution in [3.63, 3.8) is 0 Å². The lowest BCUT2D eigenvalue weighted by Gasteiger charge is -2.46. The van der Waals surface area contributed by atoms with Crippen molar-refractivity contribution in [2.24, 2.45) is 5.41 Å². The van der Waals surface area contributed by atoms with Crippen LogP contribution in [0.5, 0.6) is 0 Å². The van der Waals surface area contributed by atoms with E-state index in [0.717, 1.165) is 43.5 Å². The number of ether oxygens (including phenoxy) is 1. The number of halogens is 3. The number of nitrogens with zero attached hydrogens (tertiary/aromatic N) is 2. The first kappa shape index (κ1) is 25.9. The molecular weight excluding hydrogens is 461 g/mol. The smallest absolute Gasteiger partial charge is 0.421 e. The van der Waals surface area contributed by atoms with Crippen molar-refractivity contribution < 1.29 is 36.2 Å². The number of hydrogen-bond donors (Lipinski definition) is 1. The van der Waals surface area contributed by atoms with E-state index in [-0.39, 0.29) is 23.5 Å². The monoisotopic (exact) mass is 492 g/mol. The van der Waals surface area contributed by atoms with Gasteiger partial charge < -0.3 is 9.84 Å². The van der Waals surface area contributed by atoms with Crippen LogP contribution in [0.2, 0.25) is 0 Å². The molecule has 2 aliphatic rings. The first-order valence-electron chi connectivity index (χ1n) is 11.1. The molecule has 1 aromatic carbocycles. The van der Waals surface area contributed by atoms with Gasteiger partial charge in [0, 0.05) is 32.2 Å². The van der Waals surface area contributed by atoms with Crippen LogP contribution in [0.15, 0.2) is 29.2 Å². The van der Waals surface area contributed by atoms with Gasteiger partial charge in [0.15, 0.2) is 5.60 Å². The number of rotatable bonds is 7. The lowest BCUT2D eigenvalue weighted by Crippen LogP contribution is -2.58. The summed E-state index contributed by atoms with van der Waals surface area (Å²) in [5.74, 6) is -0.200. The van der Waals surface area contributed by atoms with Crippen LogP contribution in [0.4, 0.5) is 13.2 Å². The van der Waals surface area contributed by atoms with Gasteiger partial charge in [-0.3, -0.25) is 9.69 Å². The van der Waals surface area contributed by atoms with Gasteiger partial charge >= 0.3 is 12.1 Å². The number of aliphatic hydroxyl groups is 1. The molecule has 1 aliphatic heterocycles. The first-order valence-corrected chi connectivity index (χ1v) is 12.5. The van der Waals surface area contributed by atoms with Crippen LogP contribution in [0.25, 0.3) is 0 Å². The molecule has 1 unspecified atom stereocenters. The molecule has 33 heavy (non-hydrogen) atoms. The van der Waals surface area contributed by atoms with Crippen LogP contribution < -0.4 is 0 Å². The fourth-order valence-electron chi connectivity index (χ4n) is 4.51. The average Bonchev–Trinajstić information content (AvgIpc) is 2.70. The van der Waals surface area contributed by atoms with Gasteiger partial charge in [-0.15, -0.1) is 0 Å². The zero-order valence-electron chi connectivity index (χ0n) is 19.1. The first-order chi connectivity index (χ1) is 15.2. The van der Waals surface area contributed by atoms with E-state index in [0.29, 0.717) is 33.2 Å². The van der Waals surface area contributed by atoms with E-state index < -0.39 is 32.8 Å². The summed E-state index contributed by atoms with van der Waals surface area (Å²) >= 11 is 0. The van der Waals surface area contributed by atoms with E-state index in [4.69, 9.17) is 4.74 Å². The molecule has 1 N–H and O–H groups in total. The lowest BCUT2D eigenvalue weighted by atomic mass is 9.68. The molecule has 2 fully saturated rings. The Bertz CT molecular complexity index is 959. The molecule has 1 heterocycles. The standard InChI is InChI=1S/C22H31F3N2O5S/c1-4-32-19(28)21(10-5-11-21)15-26-12-13-27(16(2)14-26)33(30,31)18-8-6-17(7-9-18)20(3,29)22(23,24)25/h6-9,16,29H,4-5,10-15H2,1-3H3/t16-,20?/m1/s1. The topological polar surface area (TPSA) is 87.2 Å². The number of carbonyl (C=O) groups is 1. The second-order valence-corrected chi connectivity index (χ2v) is 11.0. The van der Waals surface area contributed by atoms with Crippen LogP contribution in [0, 0.1) is 5.41 Å². The van der Waals surface area contributed by atoms with Crippen LogP contribution in [-0.2, 0) is 25.2 Å². The molecule has 0 radical (unpaired) electrons. The third-order valence-corrected chi connectivity index (χ3v) is 8.80. The number of sulfonamides is 1. The minimum atomic E-state index is -4.89. The predicted octanol–water partition coefficient (Wildman–Crippen LogP) is 2.88. The molecule has 1 saturated heterocycles. The van der Waals surface area contributed by atoms with Crippen molar-refractivity contribution in [2.75, 3.05) is 32.8 Å². The zero-order valence-corrected chi connectivity index (χ0v) is 19.9. The molecule has 186 valence electrons. The number of esters is 1. The van der Waals surface area contributed by atoms with Gasteiger partial charge in [-0.1, -0.05) is 18.6 Å². The molecule has 1 aliphatic carbocycles. The summed E-state index contributed by atoms with van der Waals surface area (Å²) in [7, 11) is -3.94. The van der Waals surface area contributed by atoms with Crippen LogP contribution in [0.1, 0.15) is 45.6 Å². The van der Waals surface area contributed by atoms with Crippen molar-refractivity contribution in [3.8, 4) is 0 Å². The number of hydrogen-bond acceptors (Lipinski definition) is 6. The van der Waals surface area contributed by atoms with Gasteiger partial charge in [-0.05, 0) is 51.3 Å². The Morgan fingerprint density at radius 3 is 2.27 bits per heavy atom. The van der Waals surface area contributed by atoms with E-state index in [1.807, 2.05) is 0 Å². The molecule has 0 bridgehead atoms. The molecule has 11 heteroatoms. The Balaban J connectivity index is 1.70. The summed E-state index contributed by atoms with van der Waals surface area (Å²) in [4.78, 5) is 14.4. The van der Waals surface area contributed by atoms with Crippen molar-refractivity contribution in [1.82, 2.24) is 9.21 Å². The highest BCUT2D eigenvalue weighted by Crippen LogP contribution is 2.43. The highest BCUT2D eigenvalue weighted by molar-refractivity contribution is 7.89. The van der Waals surface area contributed by atoms with Crippen molar-refractivity contribution in [3.05, 3.63) is 29.8 Å². The zero-order chi connectivity index (χ0) is 24.7. The Hall–Kier alpha value is -1.69. The number of benzene rings is 1. The highest BCUT2D eigenvalue weighted by atomic mass is 32.2. The third-order valence-electron chi connectivity index (χ3n) is 6.77. The molecule has 1 saturated carbocycles. The van der Waals surface area contributed by atoms with E-state index in [1.165, 1.54) is 4.31 Å². The average molecular weight is 493 g/mol. The predicted molar refractivity (Wildman–Crippen MR) is 115 cm³/mol. The van der Waals surface area contributed by atoms with Crippen LogP contribution in [-0.4, -0.2) is 73.7 Å². The molecule has 2 atom stereocenters. The molecule has 7 nitrogen and oxygen atoms in total. The minimum absolute atomic E-state index is 0.133. The minimum Gasteiger partial charge on any atom is -0.466 e. The number of carbonyl (C=O) groups excluding carboxylic acids is 1. The quantitative estimate of drug-likeness (QED) is 0.589. The molecule has 0 aromatic heterocycles. The molecule has 0 spiro atoms. The van der Waals surface area contributed by atoms with Gasteiger partial charge in [0.2, 0.25) is 10.0 Å². The maximum absolute atomic E-state index is 13.2. The fourth-order valence-corrected chi connectivity index (χ4v) is 6.12. The van der Waals surface area contributed by atoms with Gasteiger partial charge in [0.1, 0.15) is 0 Å². The van der Waals surface area contributed by atoms with Crippen LogP contribution in [0.3, 0.4) is 0 Å². The molecule has 3 rings (SSSR count). The Morgan fingerprint density at radius 2 is 1.82 bits per heavy atom. The number of piperazine rings is 1. The largest absolute Gasteiger partial charge is 0.466 e. The molecular formula is C22H31F3N2O5S. The van der Waals surface area contributed by atoms with E-state index in [1.54, 1.807) is 13.8 Å². The summed E-state index contributed by atoms with van der Waals surface area (Å²) in [6, 6.07) is 3.77. The second kappa shape index (κ2) is 9.16. The third kappa shape index (κ3) is 4.91. The summed E-state index contributed by atoms with van der Waals surface area (Å²) in [6.45, 7) is 6.07. The Morgan fingerprint density at radius 1 is 1.21 bits per heavy atom. The maximum Gasteiger partial charge on any atom is 0.421 e. The Kier molecular flexibility index (Phi) is 7.20. The van der Waals surface area contributed by atoms with Gasteiger partial charge in [0.05, 0.1) is 16.9 Å². The highest BCUT2D eigenvalue weighted by Gasteiger charge is 2.51. The molecule has 1 aromatic rings. The number of alkyl halides is 3. The van der Waals surface area contributed by atoms with Crippen molar-refractivity contribution >= 4 is 16.0 Å². The SMILES string of the molecule is CCOC(=O)C1(CN2CCN(S(=O)(=O)c3ccc(C(C)(O)C(F)(F)F)cc3)[C@H](C)C2)CCC1. The van der Waals surface area contributed by atoms with E-state index >= 15 is 0 Å². The van der Waals surface area contributed by atoms with Crippen molar-refractivity contribution in [2.45, 2.75) is 62.7 Å². The summed E-state index contributed by atoms with van der Waals surface area (Å²) in [5, 5.41) is 9.80. The van der Waals surface area contributed by atoms with Crippen molar-refractivity contribution in [1.29, 1.82) is 0 Å². The van der Waals surface area contributed by atoms with Crippen LogP contribution >= 0.6 is 0 Å². The van der Waals surface area contributed by atoms with Gasteiger partial charge in [-0.25, -0.2) is 8.42 Å². The molecule has 0 amide bonds. The fraction of sp³-hybridized carbons (Fsp3) is 0.682. The van der Waals surface area contributed by atoms with E-state index in [2.05, 4.69) is 4.90 Å². The summed E-state index contributed by atoms with van der Waals surface area (Å²) < 4.78 is 72.1. The Labute approximate surface area is 192 Å². The van der Waals surface area contributed by atoms with Gasteiger partial charge in [0.25, 0.3) is 0 Å². The summed E-state index contributed by atoms with van der Waals surface area (Å²) in [6.07, 6.45) is -2.42. The van der Waals surface area contributed by atoms with E-state index in [9.17, 15) is 31.5 Å². The lowest BCUT2D eigenvalue weighted by molar-refractivity contribution is -0.258. The summed E-state index contributed by atoms with van der Waals surface area (Å²) in [5.41, 5.74) is -4.04. The van der Waals surface area contributed by atoms with Gasteiger partial charge in [-0.2, -0.15) is 17.5 Å². The second-order valence-electron chi connectivity index (χ2n) is 9.15. The normalized spacial score (nSPS) is 24.0.